The van der Waals surface area contributed by atoms with Crippen LogP contribution in [0, 0.1) is 17.1 Å². The van der Waals surface area contributed by atoms with Gasteiger partial charge in [0.1, 0.15) is 11.9 Å². The number of aliphatic hydroxyl groups is 1. The summed E-state index contributed by atoms with van der Waals surface area (Å²) in [7, 11) is 0. The van der Waals surface area contributed by atoms with E-state index in [1.807, 2.05) is 18.2 Å². The van der Waals surface area contributed by atoms with Crippen LogP contribution in [0.5, 0.6) is 0 Å². The molecule has 0 aromatic heterocycles. The molecule has 6 rings (SSSR count). The molecule has 2 aliphatic rings. The van der Waals surface area contributed by atoms with Crippen molar-refractivity contribution in [3.63, 3.8) is 0 Å². The lowest BCUT2D eigenvalue weighted by Crippen LogP contribution is -2.48. The van der Waals surface area contributed by atoms with Crippen LogP contribution < -0.4 is 10.2 Å². The molecule has 2 N–H and O–H groups in total. The summed E-state index contributed by atoms with van der Waals surface area (Å²) in [5.41, 5.74) is 3.50. The predicted octanol–water partition coefficient (Wildman–Crippen LogP) is 7.61. The van der Waals surface area contributed by atoms with E-state index in [1.165, 1.54) is 15.9 Å². The molecule has 7 nitrogen and oxygen atoms in total. The Labute approximate surface area is 264 Å². The average Bonchev–Trinajstić information content (AvgIpc) is 3.73. The van der Waals surface area contributed by atoms with Crippen LogP contribution >= 0.6 is 23.2 Å². The maximum absolute atomic E-state index is 15.0. The number of halogens is 3. The summed E-state index contributed by atoms with van der Waals surface area (Å²) in [6, 6.07) is 26.0. The number of carbonyl (C=O) groups is 2. The average molecular weight is 630 g/mol. The van der Waals surface area contributed by atoms with Gasteiger partial charge >= 0.3 is 6.03 Å². The van der Waals surface area contributed by atoms with Crippen molar-refractivity contribution in [1.29, 1.82) is 5.26 Å². The van der Waals surface area contributed by atoms with Gasteiger partial charge < -0.3 is 15.3 Å². The first-order valence-corrected chi connectivity index (χ1v) is 14.9. The number of hydrogen-bond acceptors (Lipinski definition) is 4. The molecule has 1 aliphatic carbocycles. The van der Waals surface area contributed by atoms with E-state index in [9.17, 15) is 24.3 Å². The summed E-state index contributed by atoms with van der Waals surface area (Å²) in [4.78, 5) is 30.4. The van der Waals surface area contributed by atoms with E-state index in [-0.39, 0.29) is 30.5 Å². The number of amides is 3. The summed E-state index contributed by atoms with van der Waals surface area (Å²) in [5, 5.41) is 23.5. The molecule has 1 saturated heterocycles. The number of aliphatic hydroxyl groups excluding tert-OH is 1. The molecular formula is C34H27Cl2FN4O3. The van der Waals surface area contributed by atoms with Gasteiger partial charge in [-0.25, -0.2) is 9.18 Å². The number of urea groups is 1. The van der Waals surface area contributed by atoms with Gasteiger partial charge in [0.05, 0.1) is 34.8 Å². The van der Waals surface area contributed by atoms with Gasteiger partial charge in [0.2, 0.25) is 5.91 Å². The standard InChI is InChI=1S/C34H27Cl2FN4O3/c35-23-5-9-25(10-6-23)41(26-11-7-24(36)8-12-26)34(44)40-19-27(42)16-32(40)33(43)39-31-15-22(4-13-30(31)37)29-17-28(29)21-3-1-2-20(14-21)18-38/h1-15,27-29,32,42H,16-17,19H2,(H,39,43)/t27-,28?,29?,32-/m0/s1. The van der Waals surface area contributed by atoms with Crippen molar-refractivity contribution < 1.29 is 19.1 Å². The third-order valence-electron chi connectivity index (χ3n) is 8.10. The Morgan fingerprint density at radius 1 is 0.886 bits per heavy atom. The molecule has 0 radical (unpaired) electrons. The Kier molecular flexibility index (Phi) is 8.28. The normalized spacial score (nSPS) is 20.6. The lowest BCUT2D eigenvalue weighted by Gasteiger charge is -2.31. The van der Waals surface area contributed by atoms with Crippen LogP contribution in [0.15, 0.2) is 91.0 Å². The van der Waals surface area contributed by atoms with Crippen LogP contribution in [0.3, 0.4) is 0 Å². The van der Waals surface area contributed by atoms with Crippen molar-refractivity contribution in [2.45, 2.75) is 36.8 Å². The van der Waals surface area contributed by atoms with Crippen molar-refractivity contribution >= 4 is 52.2 Å². The van der Waals surface area contributed by atoms with E-state index in [4.69, 9.17) is 23.2 Å². The molecule has 0 bridgehead atoms. The van der Waals surface area contributed by atoms with Gasteiger partial charge in [0, 0.05) is 23.0 Å². The highest BCUT2D eigenvalue weighted by Gasteiger charge is 2.42. The SMILES string of the molecule is N#Cc1cccc(C2CC2c2ccc(F)c(NC(=O)[C@@H]3C[C@H](O)CN3C(=O)N(c3ccc(Cl)cc3)c3ccc(Cl)cc3)c2)c1. The van der Waals surface area contributed by atoms with E-state index >= 15 is 0 Å². The van der Waals surface area contributed by atoms with Gasteiger partial charge in [-0.3, -0.25) is 9.69 Å². The number of rotatable bonds is 6. The van der Waals surface area contributed by atoms with Crippen LogP contribution in [-0.4, -0.2) is 40.6 Å². The summed E-state index contributed by atoms with van der Waals surface area (Å²) in [6.07, 6.45) is -0.107. The first kappa shape index (κ1) is 29.6. The number of hydrogen-bond donors (Lipinski definition) is 2. The minimum absolute atomic E-state index is 0.00460. The monoisotopic (exact) mass is 628 g/mol. The van der Waals surface area contributed by atoms with E-state index in [2.05, 4.69) is 11.4 Å². The minimum atomic E-state index is -1.05. The van der Waals surface area contributed by atoms with Crippen LogP contribution in [-0.2, 0) is 4.79 Å². The van der Waals surface area contributed by atoms with Gasteiger partial charge in [-0.2, -0.15) is 5.26 Å². The molecule has 4 aromatic carbocycles. The van der Waals surface area contributed by atoms with Crippen molar-refractivity contribution in [1.82, 2.24) is 4.90 Å². The quantitative estimate of drug-likeness (QED) is 0.230. The van der Waals surface area contributed by atoms with E-state index in [1.54, 1.807) is 66.7 Å². The first-order chi connectivity index (χ1) is 21.2. The molecule has 0 spiro atoms. The number of β-amino-alcohol motifs (C(OH)–C–C–N with tert-alkyl or cyclic N) is 1. The van der Waals surface area contributed by atoms with Crippen LogP contribution in [0.1, 0.15) is 41.4 Å². The van der Waals surface area contributed by atoms with Crippen molar-refractivity contribution in [3.8, 4) is 6.07 Å². The highest BCUT2D eigenvalue weighted by Crippen LogP contribution is 2.55. The summed E-state index contributed by atoms with van der Waals surface area (Å²) in [6.45, 7) is -0.0807. The second kappa shape index (κ2) is 12.3. The first-order valence-electron chi connectivity index (χ1n) is 14.1. The molecule has 2 fully saturated rings. The van der Waals surface area contributed by atoms with E-state index < -0.39 is 29.9 Å². The summed E-state index contributed by atoms with van der Waals surface area (Å²) >= 11 is 12.2. The number of carbonyl (C=O) groups excluding carboxylic acids is 2. The van der Waals surface area contributed by atoms with E-state index in [0.717, 1.165) is 17.5 Å². The molecule has 1 aliphatic heterocycles. The third kappa shape index (κ3) is 6.13. The lowest BCUT2D eigenvalue weighted by atomic mass is 10.0. The van der Waals surface area contributed by atoms with Crippen LogP contribution in [0.2, 0.25) is 10.0 Å². The van der Waals surface area contributed by atoms with Gasteiger partial charge in [-0.05, 0) is 102 Å². The van der Waals surface area contributed by atoms with Gasteiger partial charge in [0.15, 0.2) is 0 Å². The number of nitrogens with zero attached hydrogens (tertiary/aromatic N) is 3. The highest BCUT2D eigenvalue weighted by atomic mass is 35.5. The Bertz CT molecular complexity index is 1710. The van der Waals surface area contributed by atoms with Crippen molar-refractivity contribution in [3.05, 3.63) is 124 Å². The molecule has 44 heavy (non-hydrogen) atoms. The zero-order valence-electron chi connectivity index (χ0n) is 23.3. The van der Waals surface area contributed by atoms with Crippen molar-refractivity contribution in [2.24, 2.45) is 0 Å². The van der Waals surface area contributed by atoms with Gasteiger partial charge in [-0.15, -0.1) is 0 Å². The van der Waals surface area contributed by atoms with Crippen LogP contribution in [0.4, 0.5) is 26.2 Å². The largest absolute Gasteiger partial charge is 0.391 e. The topological polar surface area (TPSA) is 96.7 Å². The van der Waals surface area contributed by atoms with Gasteiger partial charge in [-0.1, -0.05) is 41.4 Å². The number of nitriles is 1. The lowest BCUT2D eigenvalue weighted by molar-refractivity contribution is -0.119. The molecule has 1 saturated carbocycles. The fourth-order valence-electron chi connectivity index (χ4n) is 5.81. The Balaban J connectivity index is 1.23. The molecule has 4 aromatic rings. The number of anilines is 3. The summed E-state index contributed by atoms with van der Waals surface area (Å²) in [5.74, 6) is -0.889. The molecular weight excluding hydrogens is 602 g/mol. The molecule has 2 unspecified atom stereocenters. The summed E-state index contributed by atoms with van der Waals surface area (Å²) < 4.78 is 15.0. The molecule has 10 heteroatoms. The molecule has 1 heterocycles. The molecule has 4 atom stereocenters. The minimum Gasteiger partial charge on any atom is -0.391 e. The van der Waals surface area contributed by atoms with Crippen LogP contribution in [0.25, 0.3) is 0 Å². The fraction of sp³-hybridized carbons (Fsp3) is 0.206. The second-order valence-corrected chi connectivity index (χ2v) is 11.9. The number of nitrogens with one attached hydrogen (secondary N) is 1. The maximum Gasteiger partial charge on any atom is 0.329 e. The highest BCUT2D eigenvalue weighted by molar-refractivity contribution is 6.31. The Hall–Kier alpha value is -4.42. The third-order valence-corrected chi connectivity index (χ3v) is 8.60. The van der Waals surface area contributed by atoms with Gasteiger partial charge in [0.25, 0.3) is 0 Å². The van der Waals surface area contributed by atoms with Crippen molar-refractivity contribution in [2.75, 3.05) is 16.8 Å². The Morgan fingerprint density at radius 2 is 1.50 bits per heavy atom. The molecule has 3 amide bonds. The smallest absolute Gasteiger partial charge is 0.329 e. The zero-order valence-corrected chi connectivity index (χ0v) is 24.8. The molecule has 222 valence electrons. The number of likely N-dealkylation sites (tertiary alicyclic amines) is 1. The predicted molar refractivity (Wildman–Crippen MR) is 168 cm³/mol. The zero-order chi connectivity index (χ0) is 31.0. The Morgan fingerprint density at radius 3 is 2.11 bits per heavy atom. The second-order valence-electron chi connectivity index (χ2n) is 11.0. The fourth-order valence-corrected chi connectivity index (χ4v) is 6.06. The maximum atomic E-state index is 15.0. The number of benzene rings is 4. The van der Waals surface area contributed by atoms with E-state index in [0.29, 0.717) is 27.0 Å².